The summed E-state index contributed by atoms with van der Waals surface area (Å²) >= 11 is 0. The Morgan fingerprint density at radius 2 is 1.16 bits per heavy atom. The Morgan fingerprint density at radius 3 is 1.69 bits per heavy atom. The molecule has 0 aliphatic carbocycles. The number of benzene rings is 4. The predicted octanol–water partition coefficient (Wildman–Crippen LogP) is 7.57. The van der Waals surface area contributed by atoms with E-state index in [-0.39, 0.29) is 16.2 Å². The van der Waals surface area contributed by atoms with Crippen LogP contribution in [0.2, 0.25) is 0 Å². The van der Waals surface area contributed by atoms with Gasteiger partial charge in [-0.25, -0.2) is 8.78 Å². The molecule has 4 aromatic carbocycles. The van der Waals surface area contributed by atoms with Gasteiger partial charge in [0.05, 0.1) is 5.56 Å². The number of fused-ring (bicyclic) bond motifs is 3. The van der Waals surface area contributed by atoms with Crippen molar-refractivity contribution in [1.29, 1.82) is 0 Å². The van der Waals surface area contributed by atoms with Gasteiger partial charge in [0.15, 0.2) is 31.7 Å². The summed E-state index contributed by atoms with van der Waals surface area (Å²) in [7, 11) is -0.307. The summed E-state index contributed by atoms with van der Waals surface area (Å²) in [6.45, 7) is -0.734. The fourth-order valence-corrected chi connectivity index (χ4v) is 6.10. The molecule has 0 amide bonds. The molecule has 1 N–H and O–H groups in total. The van der Waals surface area contributed by atoms with Crippen molar-refractivity contribution in [3.63, 3.8) is 0 Å². The highest BCUT2D eigenvalue weighted by atomic mass is 32.2. The van der Waals surface area contributed by atoms with Crippen LogP contribution in [0.3, 0.4) is 0 Å². The third-order valence-electron chi connectivity index (χ3n) is 5.28. The van der Waals surface area contributed by atoms with Crippen molar-refractivity contribution in [3.8, 4) is 16.4 Å². The van der Waals surface area contributed by atoms with Crippen molar-refractivity contribution in [2.45, 2.75) is 6.61 Å². The minimum atomic E-state index is -1.85. The quantitative estimate of drug-likeness (QED) is 0.172. The standard InChI is InChI=1S/C25H14F4O2S/c26-21-18(22(27)24(29)25(30)23(21)28)13-31-14-9-11-15(12-10-14)32-19-7-3-1-5-16(19)17-6-2-4-8-20(17)32/h1-12H,13H2/p+1. The Labute approximate surface area is 182 Å². The molecule has 0 unspecified atom stereocenters. The number of ether oxygens (including phenoxy) is 1. The SMILES string of the molecule is Oc1c(F)c(F)c(COc2ccc(-[s+]3c4ccccc4c4ccccc43)cc2)c(F)c1F. The van der Waals surface area contributed by atoms with E-state index in [9.17, 15) is 17.6 Å². The molecule has 2 nitrogen and oxygen atoms in total. The van der Waals surface area contributed by atoms with Gasteiger partial charge in [0.2, 0.25) is 11.6 Å². The zero-order valence-electron chi connectivity index (χ0n) is 16.4. The normalized spacial score (nSPS) is 11.4. The minimum absolute atomic E-state index is 0.283. The lowest BCUT2D eigenvalue weighted by atomic mass is 10.1. The average molecular weight is 455 g/mol. The van der Waals surface area contributed by atoms with Gasteiger partial charge >= 0.3 is 0 Å². The Hall–Kier alpha value is -3.58. The Morgan fingerprint density at radius 1 is 0.656 bits per heavy atom. The van der Waals surface area contributed by atoms with E-state index in [1.165, 1.54) is 20.2 Å². The highest BCUT2D eigenvalue weighted by molar-refractivity contribution is 7.50. The molecule has 0 fully saturated rings. The summed E-state index contributed by atoms with van der Waals surface area (Å²) in [5.74, 6) is -8.47. The largest absolute Gasteiger partial charge is 0.503 e. The van der Waals surface area contributed by atoms with Crippen molar-refractivity contribution in [2.24, 2.45) is 0 Å². The van der Waals surface area contributed by atoms with Gasteiger partial charge < -0.3 is 9.84 Å². The van der Waals surface area contributed by atoms with Gasteiger partial charge in [-0.1, -0.05) is 24.3 Å². The van der Waals surface area contributed by atoms with Gasteiger partial charge in [0.25, 0.3) is 0 Å². The number of thiophene rings is 1. The van der Waals surface area contributed by atoms with Crippen molar-refractivity contribution in [3.05, 3.63) is 102 Å². The van der Waals surface area contributed by atoms with Crippen molar-refractivity contribution < 1.29 is 27.4 Å². The summed E-state index contributed by atoms with van der Waals surface area (Å²) < 4.78 is 62.7. The van der Waals surface area contributed by atoms with Crippen LogP contribution >= 0.6 is 10.5 Å². The molecule has 32 heavy (non-hydrogen) atoms. The van der Waals surface area contributed by atoms with E-state index in [1.54, 1.807) is 12.1 Å². The highest BCUT2D eigenvalue weighted by Crippen LogP contribution is 2.48. The molecule has 0 radical (unpaired) electrons. The molecule has 1 aromatic heterocycles. The second-order valence-corrected chi connectivity index (χ2v) is 9.11. The third kappa shape index (κ3) is 3.17. The molecule has 5 rings (SSSR count). The van der Waals surface area contributed by atoms with Crippen LogP contribution in [0.4, 0.5) is 17.6 Å². The minimum Gasteiger partial charge on any atom is -0.503 e. The number of hydrogen-bond acceptors (Lipinski definition) is 2. The first-order chi connectivity index (χ1) is 15.5. The van der Waals surface area contributed by atoms with Crippen LogP contribution in [0.25, 0.3) is 25.1 Å². The van der Waals surface area contributed by atoms with Gasteiger partial charge in [-0.2, -0.15) is 8.78 Å². The van der Waals surface area contributed by atoms with E-state index in [2.05, 4.69) is 24.3 Å². The maximum atomic E-state index is 13.9. The van der Waals surface area contributed by atoms with E-state index < -0.39 is 41.2 Å². The molecule has 0 saturated heterocycles. The van der Waals surface area contributed by atoms with Crippen LogP contribution in [0.5, 0.6) is 11.5 Å². The molecule has 1 heterocycles. The topological polar surface area (TPSA) is 29.5 Å². The zero-order chi connectivity index (χ0) is 22.4. The summed E-state index contributed by atoms with van der Waals surface area (Å²) in [4.78, 5) is 1.04. The van der Waals surface area contributed by atoms with E-state index >= 15 is 0 Å². The van der Waals surface area contributed by atoms with Gasteiger partial charge in [-0.15, -0.1) is 0 Å². The maximum Gasteiger partial charge on any atom is 0.204 e. The lowest BCUT2D eigenvalue weighted by molar-refractivity contribution is 0.279. The molecular formula is C25H15F4O2S+. The Kier molecular flexibility index (Phi) is 4.98. The zero-order valence-corrected chi connectivity index (χ0v) is 17.2. The highest BCUT2D eigenvalue weighted by Gasteiger charge is 2.26. The van der Waals surface area contributed by atoms with Gasteiger partial charge in [-0.3, -0.25) is 0 Å². The molecule has 7 heteroatoms. The first-order valence-corrected chi connectivity index (χ1v) is 10.9. The molecule has 0 atom stereocenters. The van der Waals surface area contributed by atoms with Crippen molar-refractivity contribution in [1.82, 2.24) is 0 Å². The van der Waals surface area contributed by atoms with E-state index in [0.717, 1.165) is 4.90 Å². The first kappa shape index (κ1) is 20.3. The van der Waals surface area contributed by atoms with Crippen molar-refractivity contribution >= 4 is 30.6 Å². The Balaban J connectivity index is 1.48. The summed E-state index contributed by atoms with van der Waals surface area (Å²) in [6.07, 6.45) is 0. The van der Waals surface area contributed by atoms with Crippen LogP contribution in [0, 0.1) is 23.3 Å². The van der Waals surface area contributed by atoms with Crippen molar-refractivity contribution in [2.75, 3.05) is 0 Å². The monoisotopic (exact) mass is 455 g/mol. The number of hydrogen-bond donors (Lipinski definition) is 1. The number of phenols is 1. The van der Waals surface area contributed by atoms with E-state index in [1.807, 2.05) is 36.4 Å². The fourth-order valence-electron chi connectivity index (χ4n) is 3.73. The maximum absolute atomic E-state index is 13.9. The second-order valence-electron chi connectivity index (χ2n) is 7.14. The number of phenolic OH excluding ortho intramolecular Hbond substituents is 1. The predicted molar refractivity (Wildman–Crippen MR) is 118 cm³/mol. The van der Waals surface area contributed by atoms with Crippen LogP contribution < -0.4 is 4.74 Å². The lowest BCUT2D eigenvalue weighted by Crippen LogP contribution is -2.07. The molecule has 160 valence electrons. The van der Waals surface area contributed by atoms with E-state index in [4.69, 9.17) is 9.84 Å². The molecule has 0 aliphatic heterocycles. The van der Waals surface area contributed by atoms with Crippen LogP contribution in [0.15, 0.2) is 72.8 Å². The summed E-state index contributed by atoms with van der Waals surface area (Å²) in [6, 6.07) is 23.4. The van der Waals surface area contributed by atoms with Gasteiger partial charge in [0.1, 0.15) is 12.4 Å². The molecule has 0 spiro atoms. The Bertz CT molecular complexity index is 1390. The van der Waals surface area contributed by atoms with Crippen LogP contribution in [-0.4, -0.2) is 5.11 Å². The number of rotatable bonds is 4. The first-order valence-electron chi connectivity index (χ1n) is 9.66. The molecule has 0 saturated carbocycles. The molecular weight excluding hydrogens is 440 g/mol. The number of aromatic hydroxyl groups is 1. The van der Waals surface area contributed by atoms with E-state index in [0.29, 0.717) is 0 Å². The molecule has 0 aliphatic rings. The fraction of sp³-hybridized carbons (Fsp3) is 0.0400. The lowest BCUT2D eigenvalue weighted by Gasteiger charge is -2.10. The average Bonchev–Trinajstić information content (AvgIpc) is 3.16. The third-order valence-corrected chi connectivity index (χ3v) is 7.61. The van der Waals surface area contributed by atoms with Crippen LogP contribution in [-0.2, 0) is 6.61 Å². The molecule has 5 aromatic rings. The second kappa shape index (κ2) is 7.84. The molecule has 0 bridgehead atoms. The summed E-state index contributed by atoms with van der Waals surface area (Å²) in [5, 5.41) is 11.5. The van der Waals surface area contributed by atoms with Gasteiger partial charge in [0, 0.05) is 33.4 Å². The number of halogens is 4. The van der Waals surface area contributed by atoms with Crippen LogP contribution in [0.1, 0.15) is 5.56 Å². The van der Waals surface area contributed by atoms with Gasteiger partial charge in [-0.05, 0) is 36.4 Å². The smallest absolute Gasteiger partial charge is 0.204 e. The summed E-state index contributed by atoms with van der Waals surface area (Å²) in [5.41, 5.74) is -0.928.